The molecule has 0 aliphatic heterocycles. The molecule has 2 heterocycles. The van der Waals surface area contributed by atoms with Crippen LogP contribution in [0.25, 0.3) is 71.6 Å². The van der Waals surface area contributed by atoms with Gasteiger partial charge in [0, 0.05) is 39.6 Å². The van der Waals surface area contributed by atoms with Crippen molar-refractivity contribution in [3.8, 4) is 22.5 Å². The Balaban J connectivity index is 1.19. The number of allylic oxidation sites excluding steroid dienone is 16. The Kier molecular flexibility index (Phi) is 11.0. The van der Waals surface area contributed by atoms with Gasteiger partial charge in [-0.25, -0.2) is 19.8 Å². The molecule has 0 bridgehead atoms. The van der Waals surface area contributed by atoms with E-state index in [1.54, 1.807) is 0 Å². The number of hydrogen-bond donors (Lipinski definition) is 0. The molecule has 326 valence electrons. The molecule has 0 spiro atoms. The van der Waals surface area contributed by atoms with Crippen LogP contribution >= 0.6 is 0 Å². The minimum absolute atomic E-state index is 0.0236. The van der Waals surface area contributed by atoms with Gasteiger partial charge < -0.3 is 4.57 Å². The number of rotatable bonds is 8. The smallest absolute Gasteiger partial charge is 0.188 e. The minimum atomic E-state index is -0.0539. The van der Waals surface area contributed by atoms with Crippen LogP contribution in [0.3, 0.4) is 0 Å². The third kappa shape index (κ3) is 8.19. The molecule has 0 radical (unpaired) electrons. The van der Waals surface area contributed by atoms with Crippen LogP contribution in [-0.4, -0.2) is 19.5 Å². The lowest BCUT2D eigenvalue weighted by Crippen LogP contribution is -2.24. The zero-order valence-corrected chi connectivity index (χ0v) is 38.4. The topological polar surface area (TPSA) is 48.0 Å². The first kappa shape index (κ1) is 42.0. The van der Waals surface area contributed by atoms with E-state index in [2.05, 4.69) is 194 Å². The second-order valence-corrected chi connectivity index (χ2v) is 19.3. The fraction of sp³-hybridized carbons (Fsp3) is 0.194. The van der Waals surface area contributed by atoms with Crippen molar-refractivity contribution < 1.29 is 0 Å². The van der Waals surface area contributed by atoms with Crippen LogP contribution in [0, 0.1) is 24.3 Å². The number of aromatic nitrogens is 4. The first-order valence-electron chi connectivity index (χ1n) is 23.8. The predicted molar refractivity (Wildman–Crippen MR) is 279 cm³/mol. The Bertz CT molecular complexity index is 3350. The molecule has 0 saturated carbocycles. The maximum Gasteiger partial charge on any atom is 0.188 e. The minimum Gasteiger partial charge on any atom is -0.312 e. The normalized spacial score (nSPS) is 19.4. The second kappa shape index (κ2) is 17.6. The van der Waals surface area contributed by atoms with Gasteiger partial charge in [0.25, 0.3) is 0 Å². The number of fused-ring (bicyclic) bond motifs is 3. The molecule has 7 aromatic rings. The van der Waals surface area contributed by atoms with E-state index in [0.29, 0.717) is 29.1 Å². The van der Waals surface area contributed by atoms with Gasteiger partial charge in [-0.2, -0.15) is 0 Å². The lowest BCUT2D eigenvalue weighted by Gasteiger charge is -2.35. The van der Waals surface area contributed by atoms with Gasteiger partial charge in [0.05, 0.1) is 17.6 Å². The first-order chi connectivity index (χ1) is 32.8. The molecule has 0 amide bonds. The van der Waals surface area contributed by atoms with E-state index >= 15 is 0 Å². The summed E-state index contributed by atoms with van der Waals surface area (Å²) in [5, 5.41) is 2.26. The zero-order valence-electron chi connectivity index (χ0n) is 38.4. The van der Waals surface area contributed by atoms with Crippen LogP contribution in [-0.2, 0) is 5.41 Å². The van der Waals surface area contributed by atoms with Gasteiger partial charge in [0.2, 0.25) is 0 Å². The summed E-state index contributed by atoms with van der Waals surface area (Å²) in [5.41, 5.74) is 14.4. The lowest BCUT2D eigenvalue weighted by atomic mass is 9.73. The van der Waals surface area contributed by atoms with Gasteiger partial charge in [-0.05, 0) is 113 Å². The van der Waals surface area contributed by atoms with Crippen LogP contribution < -0.4 is 0 Å². The molecule has 0 fully saturated rings. The number of benzene rings is 5. The molecule has 5 aromatic carbocycles. The van der Waals surface area contributed by atoms with E-state index in [9.17, 15) is 0 Å². The van der Waals surface area contributed by atoms with Crippen LogP contribution in [0.2, 0.25) is 0 Å². The highest BCUT2D eigenvalue weighted by molar-refractivity contribution is 6.13. The maximum atomic E-state index is 8.06. The summed E-state index contributed by atoms with van der Waals surface area (Å²) < 4.78 is 2.54. The molecule has 5 heteroatoms. The third-order valence-electron chi connectivity index (χ3n) is 14.0. The van der Waals surface area contributed by atoms with Gasteiger partial charge in [-0.15, -0.1) is 0 Å². The maximum absolute atomic E-state index is 8.06. The Hall–Kier alpha value is -7.68. The van der Waals surface area contributed by atoms with Crippen molar-refractivity contribution in [3.05, 3.63) is 228 Å². The zero-order chi connectivity index (χ0) is 45.5. The van der Waals surface area contributed by atoms with Gasteiger partial charge in [-0.3, -0.25) is 0 Å². The molecule has 4 aliphatic carbocycles. The van der Waals surface area contributed by atoms with Gasteiger partial charge in [0.1, 0.15) is 0 Å². The van der Waals surface area contributed by atoms with Crippen molar-refractivity contribution in [2.45, 2.75) is 58.3 Å². The van der Waals surface area contributed by atoms with Gasteiger partial charge in [-0.1, -0.05) is 179 Å². The van der Waals surface area contributed by atoms with E-state index < -0.39 is 0 Å². The van der Waals surface area contributed by atoms with E-state index in [1.807, 2.05) is 24.3 Å². The summed E-state index contributed by atoms with van der Waals surface area (Å²) in [5.74, 6) is 2.66. The highest BCUT2D eigenvalue weighted by Crippen LogP contribution is 2.50. The largest absolute Gasteiger partial charge is 0.312 e. The van der Waals surface area contributed by atoms with Crippen LogP contribution in [0.4, 0.5) is 5.69 Å². The first-order valence-corrected chi connectivity index (χ1v) is 23.8. The molecule has 2 aromatic heterocycles. The Morgan fingerprint density at radius 2 is 1.33 bits per heavy atom. The molecule has 0 N–H and O–H groups in total. The summed E-state index contributed by atoms with van der Waals surface area (Å²) in [6, 6.07) is 43.3. The quantitative estimate of drug-likeness (QED) is 0.143. The van der Waals surface area contributed by atoms with Crippen molar-refractivity contribution in [2.75, 3.05) is 0 Å². The third-order valence-corrected chi connectivity index (χ3v) is 14.0. The standard InChI is InChI=1S/C62H53N5/c1-62(2,3)50-33-35-56-54(39-50)55-40-51(63-4)34-36-57(55)67(56)58-52(45-29-25-43(26-30-45)41-17-9-5-10-18-41)37-49(38-53(58)46-31-27-44(28-32-46)42-19-11-6-12-20-42)61-65-59(47-21-13-7-14-22-47)64-60(66-61)48-23-15-8-16-24-48/h5-7,9-15,17-19,21-31,33-37,39-40,42,46,53H,8,16,20,32,38H2,1-3H3/t42?,46-,53?/m1/s1. The van der Waals surface area contributed by atoms with Gasteiger partial charge >= 0.3 is 0 Å². The van der Waals surface area contributed by atoms with Crippen molar-refractivity contribution in [3.63, 3.8) is 0 Å². The Morgan fingerprint density at radius 1 is 0.627 bits per heavy atom. The molecule has 2 unspecified atom stereocenters. The number of nitrogens with zero attached hydrogens (tertiary/aromatic N) is 5. The summed E-state index contributed by atoms with van der Waals surface area (Å²) in [7, 11) is 0. The predicted octanol–water partition coefficient (Wildman–Crippen LogP) is 16.0. The fourth-order valence-corrected chi connectivity index (χ4v) is 10.3. The van der Waals surface area contributed by atoms with Crippen LogP contribution in [0.1, 0.15) is 75.7 Å². The summed E-state index contributed by atoms with van der Waals surface area (Å²) in [6.07, 6.45) is 29.9. The average Bonchev–Trinajstić information content (AvgIpc) is 3.71. The highest BCUT2D eigenvalue weighted by atomic mass is 15.0. The molecule has 3 atom stereocenters. The summed E-state index contributed by atoms with van der Waals surface area (Å²) in [4.78, 5) is 19.8. The molecule has 0 saturated heterocycles. The molecule has 5 nitrogen and oxygen atoms in total. The molecule has 4 aliphatic rings. The van der Waals surface area contributed by atoms with Crippen molar-refractivity contribution in [1.82, 2.24) is 19.5 Å². The molecular formula is C62H53N5. The highest BCUT2D eigenvalue weighted by Gasteiger charge is 2.35. The lowest BCUT2D eigenvalue weighted by molar-refractivity contribution is 0.481. The average molecular weight is 868 g/mol. The summed E-state index contributed by atoms with van der Waals surface area (Å²) in [6.45, 7) is 14.9. The second-order valence-electron chi connectivity index (χ2n) is 19.3. The van der Waals surface area contributed by atoms with Gasteiger partial charge in [0.15, 0.2) is 23.2 Å². The monoisotopic (exact) mass is 867 g/mol. The van der Waals surface area contributed by atoms with Crippen LogP contribution in [0.5, 0.6) is 0 Å². The summed E-state index contributed by atoms with van der Waals surface area (Å²) >= 11 is 0. The van der Waals surface area contributed by atoms with E-state index in [1.165, 1.54) is 28.0 Å². The molecule has 11 rings (SSSR count). The Morgan fingerprint density at radius 3 is 2.01 bits per heavy atom. The SMILES string of the molecule is [C-]#[N+]c1ccc2c(c1)c1cc(C(C)(C)C)ccc1n2C1=C(c2ccc(-c3ccccc3)cc2)C=C(c2nc(C3=CCCC=C3)nc(-c3ccccc3)n2)CC1[C@@H]1C=CC(C2C=CC=CC2)=CC1. The Labute approximate surface area is 394 Å². The van der Waals surface area contributed by atoms with E-state index in [0.717, 1.165) is 81.8 Å². The number of hydrogen-bond acceptors (Lipinski definition) is 3. The molecular weight excluding hydrogens is 815 g/mol. The van der Waals surface area contributed by atoms with Crippen LogP contribution in [0.15, 0.2) is 194 Å². The van der Waals surface area contributed by atoms with Crippen molar-refractivity contribution in [1.29, 1.82) is 0 Å². The van der Waals surface area contributed by atoms with E-state index in [-0.39, 0.29) is 17.3 Å². The molecule has 67 heavy (non-hydrogen) atoms. The van der Waals surface area contributed by atoms with Crippen molar-refractivity contribution in [2.24, 2.45) is 17.8 Å². The fourth-order valence-electron chi connectivity index (χ4n) is 10.3. The van der Waals surface area contributed by atoms with Crippen molar-refractivity contribution >= 4 is 49.9 Å². The van der Waals surface area contributed by atoms with E-state index in [4.69, 9.17) is 21.5 Å².